The summed E-state index contributed by atoms with van der Waals surface area (Å²) in [5.74, 6) is 0.711. The van der Waals surface area contributed by atoms with E-state index in [1.807, 2.05) is 0 Å². The number of aromatic nitrogens is 4. The Morgan fingerprint density at radius 3 is 2.88 bits per heavy atom. The molecule has 2 aromatic rings. The van der Waals surface area contributed by atoms with Gasteiger partial charge >= 0.3 is 0 Å². The first-order chi connectivity index (χ1) is 8.27. The third kappa shape index (κ3) is 1.45. The van der Waals surface area contributed by atoms with Crippen molar-refractivity contribution in [2.24, 2.45) is 10.2 Å². The second kappa shape index (κ2) is 3.58. The van der Waals surface area contributed by atoms with Gasteiger partial charge in [0.15, 0.2) is 11.5 Å². The number of hydrogen-bond acceptors (Lipinski definition) is 5. The predicted molar refractivity (Wildman–Crippen MR) is 60.5 cm³/mol. The maximum absolute atomic E-state index is 11.9. The van der Waals surface area contributed by atoms with Crippen LogP contribution in [-0.2, 0) is 13.1 Å². The van der Waals surface area contributed by atoms with E-state index in [1.165, 1.54) is 0 Å². The minimum atomic E-state index is -0.199. The fraction of sp³-hybridized carbons (Fsp3) is 0.333. The van der Waals surface area contributed by atoms with Gasteiger partial charge in [-0.1, -0.05) is 0 Å². The molecule has 3 rings (SSSR count). The average Bonchev–Trinajstić information content (AvgIpc) is 3.01. The molecule has 0 spiro atoms. The molecule has 0 unspecified atom stereocenters. The highest BCUT2D eigenvalue weighted by atomic mass is 16.1. The van der Waals surface area contributed by atoms with Crippen LogP contribution in [0.5, 0.6) is 0 Å². The number of nitrogen functional groups attached to an aromatic ring is 1. The summed E-state index contributed by atoms with van der Waals surface area (Å²) in [6.45, 7) is 1.43. The molecule has 17 heavy (non-hydrogen) atoms. The molecular formula is C9H11N7O. The van der Waals surface area contributed by atoms with E-state index < -0.39 is 0 Å². The van der Waals surface area contributed by atoms with Gasteiger partial charge in [-0.05, 0) is 6.42 Å². The van der Waals surface area contributed by atoms with Gasteiger partial charge in [-0.25, -0.2) is 9.67 Å². The van der Waals surface area contributed by atoms with E-state index >= 15 is 0 Å². The summed E-state index contributed by atoms with van der Waals surface area (Å²) in [5, 5.41) is 7.69. The highest BCUT2D eigenvalue weighted by molar-refractivity contribution is 5.56. The standard InChI is InChI=1S/C9H11N7O/c10-7-6(13-14-9-11-2-3-12-9)8(17)16-5-1-4-15(7)16/h2-3H,1,4-5,10H2,(H,11,12). The molecule has 3 N–H and O–H groups in total. The largest absolute Gasteiger partial charge is 0.382 e. The molecule has 0 saturated carbocycles. The number of fused-ring (bicyclic) bond motifs is 1. The Morgan fingerprint density at radius 1 is 1.35 bits per heavy atom. The second-order valence-corrected chi connectivity index (χ2v) is 3.75. The van der Waals surface area contributed by atoms with Gasteiger partial charge in [0.1, 0.15) is 0 Å². The van der Waals surface area contributed by atoms with E-state index in [-0.39, 0.29) is 11.2 Å². The van der Waals surface area contributed by atoms with Gasteiger partial charge in [0.2, 0.25) is 5.95 Å². The summed E-state index contributed by atoms with van der Waals surface area (Å²) in [7, 11) is 0. The number of H-pyrrole nitrogens is 1. The molecule has 2 aromatic heterocycles. The van der Waals surface area contributed by atoms with Gasteiger partial charge in [0.25, 0.3) is 5.56 Å². The molecule has 0 atom stereocenters. The number of anilines is 1. The number of aromatic amines is 1. The van der Waals surface area contributed by atoms with Crippen molar-refractivity contribution in [3.63, 3.8) is 0 Å². The topological polar surface area (TPSA) is 106 Å². The third-order valence-corrected chi connectivity index (χ3v) is 2.72. The first-order valence-corrected chi connectivity index (χ1v) is 5.27. The molecular weight excluding hydrogens is 222 g/mol. The molecule has 0 bridgehead atoms. The molecule has 3 heterocycles. The second-order valence-electron chi connectivity index (χ2n) is 3.75. The van der Waals surface area contributed by atoms with E-state index in [2.05, 4.69) is 20.2 Å². The first-order valence-electron chi connectivity index (χ1n) is 5.27. The molecule has 8 nitrogen and oxygen atoms in total. The number of nitrogens with two attached hydrogens (primary N) is 1. The van der Waals surface area contributed by atoms with Crippen LogP contribution in [0, 0.1) is 0 Å². The zero-order valence-corrected chi connectivity index (χ0v) is 9.00. The van der Waals surface area contributed by atoms with Crippen molar-refractivity contribution in [3.05, 3.63) is 22.7 Å². The minimum Gasteiger partial charge on any atom is -0.382 e. The monoisotopic (exact) mass is 233 g/mol. The quantitative estimate of drug-likeness (QED) is 0.748. The van der Waals surface area contributed by atoms with E-state index in [0.29, 0.717) is 18.3 Å². The first kappa shape index (κ1) is 9.82. The van der Waals surface area contributed by atoms with E-state index in [1.54, 1.807) is 21.8 Å². The van der Waals surface area contributed by atoms with Crippen molar-refractivity contribution in [1.29, 1.82) is 0 Å². The summed E-state index contributed by atoms with van der Waals surface area (Å²) in [4.78, 5) is 18.6. The molecule has 1 aliphatic rings. The van der Waals surface area contributed by atoms with Crippen LogP contribution in [0.2, 0.25) is 0 Å². The Labute approximate surface area is 95.8 Å². The molecule has 88 valence electrons. The molecule has 0 radical (unpaired) electrons. The normalized spacial score (nSPS) is 14.6. The minimum absolute atomic E-state index is 0.182. The Morgan fingerprint density at radius 2 is 2.18 bits per heavy atom. The highest BCUT2D eigenvalue weighted by Gasteiger charge is 2.21. The number of rotatable bonds is 2. The molecule has 0 amide bonds. The van der Waals surface area contributed by atoms with Crippen LogP contribution in [0.25, 0.3) is 0 Å². The summed E-state index contributed by atoms with van der Waals surface area (Å²) in [6, 6.07) is 0. The lowest BCUT2D eigenvalue weighted by atomic mass is 10.4. The van der Waals surface area contributed by atoms with Crippen molar-refractivity contribution in [2.75, 3.05) is 5.73 Å². The Kier molecular flexibility index (Phi) is 2.07. The van der Waals surface area contributed by atoms with E-state index in [9.17, 15) is 4.79 Å². The Balaban J connectivity index is 2.02. The summed E-state index contributed by atoms with van der Waals surface area (Å²) >= 11 is 0. The van der Waals surface area contributed by atoms with Crippen LogP contribution in [-0.4, -0.2) is 19.3 Å². The lowest BCUT2D eigenvalue weighted by molar-refractivity contribution is 0.601. The molecule has 0 aliphatic carbocycles. The molecule has 0 fully saturated rings. The van der Waals surface area contributed by atoms with Gasteiger partial charge in [-0.15, -0.1) is 10.2 Å². The van der Waals surface area contributed by atoms with E-state index in [4.69, 9.17) is 5.73 Å². The van der Waals surface area contributed by atoms with Crippen LogP contribution in [0.1, 0.15) is 6.42 Å². The lowest BCUT2D eigenvalue weighted by Gasteiger charge is -1.98. The molecule has 0 saturated heterocycles. The highest BCUT2D eigenvalue weighted by Crippen LogP contribution is 2.23. The van der Waals surface area contributed by atoms with Crippen molar-refractivity contribution in [3.8, 4) is 0 Å². The smallest absolute Gasteiger partial charge is 0.296 e. The number of azo groups is 1. The zero-order chi connectivity index (χ0) is 11.8. The third-order valence-electron chi connectivity index (χ3n) is 2.72. The van der Waals surface area contributed by atoms with E-state index in [0.717, 1.165) is 13.0 Å². The number of imidazole rings is 1. The Bertz CT molecular complexity index is 619. The predicted octanol–water partition coefficient (Wildman–Crippen LogP) is 0.774. The maximum atomic E-state index is 11.9. The SMILES string of the molecule is Nc1c(N=Nc2ncc[nH]2)c(=O)n2n1CCC2. The Hall–Kier alpha value is -2.38. The number of nitrogens with zero attached hydrogens (tertiary/aromatic N) is 5. The fourth-order valence-corrected chi connectivity index (χ4v) is 1.93. The lowest BCUT2D eigenvalue weighted by Crippen LogP contribution is -2.16. The van der Waals surface area contributed by atoms with Gasteiger partial charge in [-0.3, -0.25) is 9.48 Å². The van der Waals surface area contributed by atoms with Crippen LogP contribution in [0.3, 0.4) is 0 Å². The molecule has 8 heteroatoms. The van der Waals surface area contributed by atoms with Crippen LogP contribution >= 0.6 is 0 Å². The van der Waals surface area contributed by atoms with Crippen molar-refractivity contribution in [1.82, 2.24) is 19.3 Å². The maximum Gasteiger partial charge on any atom is 0.296 e. The summed E-state index contributed by atoms with van der Waals surface area (Å²) in [5.41, 5.74) is 5.84. The molecule has 1 aliphatic heterocycles. The van der Waals surface area contributed by atoms with Gasteiger partial charge in [0, 0.05) is 25.5 Å². The van der Waals surface area contributed by atoms with Crippen LogP contribution in [0.4, 0.5) is 17.5 Å². The van der Waals surface area contributed by atoms with Gasteiger partial charge in [0.05, 0.1) is 0 Å². The fourth-order valence-electron chi connectivity index (χ4n) is 1.93. The zero-order valence-electron chi connectivity index (χ0n) is 9.00. The summed E-state index contributed by atoms with van der Waals surface area (Å²) < 4.78 is 3.32. The van der Waals surface area contributed by atoms with Crippen molar-refractivity contribution < 1.29 is 0 Å². The molecule has 0 aromatic carbocycles. The number of hydrogen-bond donors (Lipinski definition) is 2. The van der Waals surface area contributed by atoms with Gasteiger partial charge in [-0.2, -0.15) is 0 Å². The van der Waals surface area contributed by atoms with Gasteiger partial charge < -0.3 is 10.7 Å². The van der Waals surface area contributed by atoms with Crippen molar-refractivity contribution >= 4 is 17.5 Å². The van der Waals surface area contributed by atoms with Crippen molar-refractivity contribution in [2.45, 2.75) is 19.5 Å². The summed E-state index contributed by atoms with van der Waals surface area (Å²) in [6.07, 6.45) is 4.11. The number of nitrogens with one attached hydrogen (secondary N) is 1. The van der Waals surface area contributed by atoms with Crippen LogP contribution < -0.4 is 11.3 Å². The van der Waals surface area contributed by atoms with Crippen LogP contribution in [0.15, 0.2) is 27.4 Å². The average molecular weight is 233 g/mol.